The Labute approximate surface area is 120 Å². The summed E-state index contributed by atoms with van der Waals surface area (Å²) < 4.78 is 27.6. The molecule has 3 N–H and O–H groups in total. The van der Waals surface area contributed by atoms with Crippen molar-refractivity contribution in [1.29, 1.82) is 0 Å². The molecule has 1 aliphatic rings. The van der Waals surface area contributed by atoms with E-state index in [1.165, 1.54) is 12.8 Å². The number of ether oxygens (including phenoxy) is 1. The molecule has 1 aromatic rings. The van der Waals surface area contributed by atoms with Crippen LogP contribution in [0.4, 0.5) is 5.69 Å². The van der Waals surface area contributed by atoms with Gasteiger partial charge in [-0.25, -0.2) is 13.6 Å². The lowest BCUT2D eigenvalue weighted by atomic mass is 9.92. The molecule has 5 nitrogen and oxygen atoms in total. The SMILES string of the molecule is COC1CCCCC1Nc1ccc(CS(N)(=O)=O)cc1. The Morgan fingerprint density at radius 3 is 2.50 bits per heavy atom. The predicted octanol–water partition coefficient (Wildman–Crippen LogP) is 1.84. The number of sulfonamides is 1. The Morgan fingerprint density at radius 1 is 1.25 bits per heavy atom. The average molecular weight is 298 g/mol. The summed E-state index contributed by atoms with van der Waals surface area (Å²) in [6, 6.07) is 7.68. The number of methoxy groups -OCH3 is 1. The van der Waals surface area contributed by atoms with Crippen molar-refractivity contribution in [1.82, 2.24) is 0 Å². The fraction of sp³-hybridized carbons (Fsp3) is 0.571. The van der Waals surface area contributed by atoms with Gasteiger partial charge in [-0.1, -0.05) is 25.0 Å². The molecule has 2 rings (SSSR count). The second kappa shape index (κ2) is 6.56. The Kier molecular flexibility index (Phi) is 5.01. The van der Waals surface area contributed by atoms with Crippen LogP contribution in [0.2, 0.25) is 0 Å². The third kappa shape index (κ3) is 4.47. The Balaban J connectivity index is 1.99. The van der Waals surface area contributed by atoms with Crippen molar-refractivity contribution in [3.8, 4) is 0 Å². The van der Waals surface area contributed by atoms with Crippen LogP contribution in [0.25, 0.3) is 0 Å². The van der Waals surface area contributed by atoms with Crippen molar-refractivity contribution in [3.05, 3.63) is 29.8 Å². The van der Waals surface area contributed by atoms with Crippen molar-refractivity contribution in [2.75, 3.05) is 12.4 Å². The number of primary sulfonamides is 1. The van der Waals surface area contributed by atoms with Gasteiger partial charge < -0.3 is 10.1 Å². The molecule has 112 valence electrons. The molecule has 1 aromatic carbocycles. The van der Waals surface area contributed by atoms with E-state index in [1.54, 1.807) is 19.2 Å². The molecular weight excluding hydrogens is 276 g/mol. The van der Waals surface area contributed by atoms with E-state index in [2.05, 4.69) is 5.32 Å². The van der Waals surface area contributed by atoms with Gasteiger partial charge in [0.2, 0.25) is 10.0 Å². The number of anilines is 1. The minimum Gasteiger partial charge on any atom is -0.380 e. The maximum atomic E-state index is 11.0. The van der Waals surface area contributed by atoms with Crippen LogP contribution in [-0.4, -0.2) is 27.7 Å². The molecule has 1 fully saturated rings. The van der Waals surface area contributed by atoms with Crippen LogP contribution in [0.3, 0.4) is 0 Å². The van der Waals surface area contributed by atoms with E-state index in [0.717, 1.165) is 18.5 Å². The second-order valence-corrected chi connectivity index (χ2v) is 6.93. The summed E-state index contributed by atoms with van der Waals surface area (Å²) >= 11 is 0. The molecule has 0 radical (unpaired) electrons. The lowest BCUT2D eigenvalue weighted by Crippen LogP contribution is -2.37. The van der Waals surface area contributed by atoms with Gasteiger partial charge in [0.25, 0.3) is 0 Å². The Bertz CT molecular complexity index is 528. The van der Waals surface area contributed by atoms with Gasteiger partial charge in [-0.2, -0.15) is 0 Å². The second-order valence-electron chi connectivity index (χ2n) is 5.31. The topological polar surface area (TPSA) is 81.4 Å². The zero-order valence-electron chi connectivity index (χ0n) is 11.7. The molecule has 1 aliphatic carbocycles. The maximum Gasteiger partial charge on any atom is 0.213 e. The first kappa shape index (κ1) is 15.3. The molecule has 0 saturated heterocycles. The summed E-state index contributed by atoms with van der Waals surface area (Å²) in [5, 5.41) is 8.50. The van der Waals surface area contributed by atoms with Gasteiger partial charge in [0.1, 0.15) is 0 Å². The number of benzene rings is 1. The van der Waals surface area contributed by atoms with E-state index in [0.29, 0.717) is 11.6 Å². The molecule has 20 heavy (non-hydrogen) atoms. The molecular formula is C14H22N2O3S. The minimum atomic E-state index is -3.47. The summed E-state index contributed by atoms with van der Waals surface area (Å²) in [6.45, 7) is 0. The fourth-order valence-corrected chi connectivity index (χ4v) is 3.34. The number of nitrogens with two attached hydrogens (primary N) is 1. The van der Waals surface area contributed by atoms with Gasteiger partial charge in [0.05, 0.1) is 17.9 Å². The largest absolute Gasteiger partial charge is 0.380 e. The first-order valence-electron chi connectivity index (χ1n) is 6.87. The van der Waals surface area contributed by atoms with Crippen molar-refractivity contribution in [2.24, 2.45) is 5.14 Å². The van der Waals surface area contributed by atoms with Crippen LogP contribution in [0.15, 0.2) is 24.3 Å². The molecule has 2 unspecified atom stereocenters. The van der Waals surface area contributed by atoms with Gasteiger partial charge >= 0.3 is 0 Å². The molecule has 1 saturated carbocycles. The standard InChI is InChI=1S/C14H22N2O3S/c1-19-14-5-3-2-4-13(14)16-12-8-6-11(7-9-12)10-20(15,17)18/h6-9,13-14,16H,2-5,10H2,1H3,(H2,15,17,18). The van der Waals surface area contributed by atoms with Crippen LogP contribution in [0.1, 0.15) is 31.2 Å². The maximum absolute atomic E-state index is 11.0. The molecule has 0 spiro atoms. The normalized spacial score (nSPS) is 23.5. The first-order valence-corrected chi connectivity index (χ1v) is 8.58. The smallest absolute Gasteiger partial charge is 0.213 e. The molecule has 6 heteroatoms. The van der Waals surface area contributed by atoms with Crippen LogP contribution >= 0.6 is 0 Å². The zero-order chi connectivity index (χ0) is 14.6. The molecule has 0 heterocycles. The van der Waals surface area contributed by atoms with Crippen LogP contribution in [-0.2, 0) is 20.5 Å². The third-order valence-corrected chi connectivity index (χ3v) is 4.41. The molecule has 0 amide bonds. The van der Waals surface area contributed by atoms with E-state index in [9.17, 15) is 8.42 Å². The predicted molar refractivity (Wildman–Crippen MR) is 79.9 cm³/mol. The average Bonchev–Trinajstić information content (AvgIpc) is 2.40. The number of hydrogen-bond acceptors (Lipinski definition) is 4. The third-order valence-electron chi connectivity index (χ3n) is 3.68. The fourth-order valence-electron chi connectivity index (χ4n) is 2.69. The van der Waals surface area contributed by atoms with E-state index in [1.807, 2.05) is 12.1 Å². The lowest BCUT2D eigenvalue weighted by Gasteiger charge is -2.31. The van der Waals surface area contributed by atoms with Crippen LogP contribution in [0, 0.1) is 0 Å². The number of nitrogens with one attached hydrogen (secondary N) is 1. The van der Waals surface area contributed by atoms with Gasteiger partial charge in [-0.3, -0.25) is 0 Å². The summed E-state index contributed by atoms with van der Waals surface area (Å²) in [6.07, 6.45) is 4.84. The Morgan fingerprint density at radius 2 is 1.90 bits per heavy atom. The van der Waals surface area contributed by atoms with Crippen molar-refractivity contribution in [3.63, 3.8) is 0 Å². The highest BCUT2D eigenvalue weighted by atomic mass is 32.2. The molecule has 0 aliphatic heterocycles. The summed E-state index contributed by atoms with van der Waals surface area (Å²) in [5.41, 5.74) is 1.68. The monoisotopic (exact) mass is 298 g/mol. The van der Waals surface area contributed by atoms with E-state index in [4.69, 9.17) is 9.88 Å². The van der Waals surface area contributed by atoms with Crippen molar-refractivity contribution in [2.45, 2.75) is 43.6 Å². The molecule has 0 aromatic heterocycles. The van der Waals surface area contributed by atoms with Gasteiger partial charge in [0.15, 0.2) is 0 Å². The van der Waals surface area contributed by atoms with Crippen LogP contribution < -0.4 is 10.5 Å². The number of hydrogen-bond donors (Lipinski definition) is 2. The van der Waals surface area contributed by atoms with Gasteiger partial charge in [0, 0.05) is 12.8 Å². The number of rotatable bonds is 5. The molecule has 2 atom stereocenters. The zero-order valence-corrected chi connectivity index (χ0v) is 12.5. The summed E-state index contributed by atoms with van der Waals surface area (Å²) in [4.78, 5) is 0. The Hall–Kier alpha value is -1.11. The van der Waals surface area contributed by atoms with E-state index < -0.39 is 10.0 Å². The first-order chi connectivity index (χ1) is 9.48. The highest BCUT2D eigenvalue weighted by Gasteiger charge is 2.24. The van der Waals surface area contributed by atoms with E-state index >= 15 is 0 Å². The van der Waals surface area contributed by atoms with E-state index in [-0.39, 0.29) is 11.9 Å². The van der Waals surface area contributed by atoms with Crippen molar-refractivity contribution >= 4 is 15.7 Å². The summed E-state index contributed by atoms with van der Waals surface area (Å²) in [7, 11) is -1.72. The lowest BCUT2D eigenvalue weighted by molar-refractivity contribution is 0.0606. The quantitative estimate of drug-likeness (QED) is 0.869. The van der Waals surface area contributed by atoms with Gasteiger partial charge in [-0.05, 0) is 30.5 Å². The van der Waals surface area contributed by atoms with Gasteiger partial charge in [-0.15, -0.1) is 0 Å². The minimum absolute atomic E-state index is 0.128. The van der Waals surface area contributed by atoms with Crippen LogP contribution in [0.5, 0.6) is 0 Å². The highest BCUT2D eigenvalue weighted by Crippen LogP contribution is 2.24. The highest BCUT2D eigenvalue weighted by molar-refractivity contribution is 7.88. The summed E-state index contributed by atoms with van der Waals surface area (Å²) in [5.74, 6) is -0.128. The molecule has 0 bridgehead atoms. The van der Waals surface area contributed by atoms with Crippen molar-refractivity contribution < 1.29 is 13.2 Å².